The highest BCUT2D eigenvalue weighted by Gasteiger charge is 2.15. The number of aliphatic hydroxyl groups is 3. The monoisotopic (exact) mass is 326 g/mol. The van der Waals surface area contributed by atoms with E-state index in [-0.39, 0.29) is 13.0 Å². The van der Waals surface area contributed by atoms with Crippen LogP contribution in [0.1, 0.15) is 28.7 Å². The highest BCUT2D eigenvalue weighted by Crippen LogP contribution is 2.25. The minimum absolute atomic E-state index is 0.0170. The zero-order valence-electron chi connectivity index (χ0n) is 11.6. The van der Waals surface area contributed by atoms with Gasteiger partial charge in [0.25, 0.3) is 0 Å². The molecular weight excluding hydrogens is 308 g/mol. The standard InChI is InChI=1S/C14H18N2O3S2/c1-9-15-16-14(21-9)20-8-12(18)6-13(19)11-4-2-10(7-17)3-5-11/h2-5,12-13,17-19H,6-8H2,1H3/t12-,13+/m1/s1. The maximum absolute atomic E-state index is 10.1. The molecule has 0 spiro atoms. The summed E-state index contributed by atoms with van der Waals surface area (Å²) in [5.41, 5.74) is 1.54. The van der Waals surface area contributed by atoms with Crippen LogP contribution in [-0.2, 0) is 6.61 Å². The van der Waals surface area contributed by atoms with Crippen molar-refractivity contribution >= 4 is 23.1 Å². The van der Waals surface area contributed by atoms with Gasteiger partial charge in [0.05, 0.1) is 18.8 Å². The van der Waals surface area contributed by atoms with Crippen molar-refractivity contribution in [2.24, 2.45) is 0 Å². The molecule has 2 rings (SSSR count). The largest absolute Gasteiger partial charge is 0.392 e. The SMILES string of the molecule is Cc1nnc(SC[C@H](O)C[C@H](O)c2ccc(CO)cc2)s1. The van der Waals surface area contributed by atoms with Gasteiger partial charge >= 0.3 is 0 Å². The van der Waals surface area contributed by atoms with Gasteiger partial charge in [-0.15, -0.1) is 10.2 Å². The summed E-state index contributed by atoms with van der Waals surface area (Å²) in [6, 6.07) is 7.07. The topological polar surface area (TPSA) is 86.5 Å². The van der Waals surface area contributed by atoms with Crippen molar-refractivity contribution in [3.05, 3.63) is 40.4 Å². The Kier molecular flexibility index (Phi) is 6.13. The minimum Gasteiger partial charge on any atom is -0.392 e. The van der Waals surface area contributed by atoms with Crippen LogP contribution < -0.4 is 0 Å². The molecule has 1 heterocycles. The van der Waals surface area contributed by atoms with E-state index < -0.39 is 12.2 Å². The minimum atomic E-state index is -0.718. The Morgan fingerprint density at radius 1 is 1.19 bits per heavy atom. The van der Waals surface area contributed by atoms with Crippen molar-refractivity contribution < 1.29 is 15.3 Å². The fraction of sp³-hybridized carbons (Fsp3) is 0.429. The number of aryl methyl sites for hydroxylation is 1. The fourth-order valence-corrected chi connectivity index (χ4v) is 3.60. The van der Waals surface area contributed by atoms with Gasteiger partial charge in [0.15, 0.2) is 4.34 Å². The summed E-state index contributed by atoms with van der Waals surface area (Å²) in [5.74, 6) is 0.473. The molecule has 3 N–H and O–H groups in total. The Bertz CT molecular complexity index is 560. The number of hydrogen-bond acceptors (Lipinski definition) is 7. The predicted octanol–water partition coefficient (Wildman–Crippen LogP) is 1.92. The van der Waals surface area contributed by atoms with E-state index >= 15 is 0 Å². The smallest absolute Gasteiger partial charge is 0.174 e. The molecule has 2 aromatic rings. The zero-order chi connectivity index (χ0) is 15.2. The molecule has 1 aromatic heterocycles. The van der Waals surface area contributed by atoms with Gasteiger partial charge in [-0.2, -0.15) is 0 Å². The molecule has 0 bridgehead atoms. The summed E-state index contributed by atoms with van der Waals surface area (Å²) in [5, 5.41) is 37.9. The van der Waals surface area contributed by atoms with Crippen LogP contribution in [0.15, 0.2) is 28.6 Å². The van der Waals surface area contributed by atoms with Crippen molar-refractivity contribution in [2.45, 2.75) is 36.5 Å². The molecule has 0 radical (unpaired) electrons. The van der Waals surface area contributed by atoms with Crippen molar-refractivity contribution in [1.29, 1.82) is 0 Å². The molecule has 114 valence electrons. The molecule has 1 aromatic carbocycles. The Hall–Kier alpha value is -0.990. The molecule has 2 atom stereocenters. The molecule has 7 heteroatoms. The summed E-state index contributed by atoms with van der Waals surface area (Å²) < 4.78 is 0.827. The number of aliphatic hydroxyl groups excluding tert-OH is 3. The second-order valence-corrected chi connectivity index (χ2v) is 7.15. The van der Waals surface area contributed by atoms with E-state index in [0.717, 1.165) is 20.5 Å². The molecule has 0 aliphatic rings. The fourth-order valence-electron chi connectivity index (χ4n) is 1.81. The first-order valence-electron chi connectivity index (χ1n) is 6.57. The lowest BCUT2D eigenvalue weighted by atomic mass is 10.0. The molecule has 0 aliphatic carbocycles. The lowest BCUT2D eigenvalue weighted by molar-refractivity contribution is 0.0931. The Morgan fingerprint density at radius 2 is 1.90 bits per heavy atom. The van der Waals surface area contributed by atoms with Gasteiger partial charge in [-0.3, -0.25) is 0 Å². The van der Waals surface area contributed by atoms with E-state index in [1.165, 1.54) is 23.1 Å². The summed E-state index contributed by atoms with van der Waals surface area (Å²) in [7, 11) is 0. The van der Waals surface area contributed by atoms with Gasteiger partial charge < -0.3 is 15.3 Å². The molecule has 0 fully saturated rings. The van der Waals surface area contributed by atoms with Gasteiger partial charge in [0.1, 0.15) is 5.01 Å². The Morgan fingerprint density at radius 3 is 2.48 bits per heavy atom. The third kappa shape index (κ3) is 5.05. The molecular formula is C14H18N2O3S2. The zero-order valence-corrected chi connectivity index (χ0v) is 13.3. The van der Waals surface area contributed by atoms with Gasteiger partial charge in [-0.1, -0.05) is 47.4 Å². The highest BCUT2D eigenvalue weighted by atomic mass is 32.2. The summed E-state index contributed by atoms with van der Waals surface area (Å²) in [4.78, 5) is 0. The van der Waals surface area contributed by atoms with E-state index in [9.17, 15) is 10.2 Å². The molecule has 0 amide bonds. The lowest BCUT2D eigenvalue weighted by Crippen LogP contribution is -2.15. The summed E-state index contributed by atoms with van der Waals surface area (Å²) >= 11 is 2.94. The number of thioether (sulfide) groups is 1. The van der Waals surface area contributed by atoms with E-state index in [4.69, 9.17) is 5.11 Å². The van der Waals surface area contributed by atoms with Gasteiger partial charge in [0, 0.05) is 12.2 Å². The second kappa shape index (κ2) is 7.86. The molecule has 5 nitrogen and oxygen atoms in total. The third-order valence-electron chi connectivity index (χ3n) is 2.95. The van der Waals surface area contributed by atoms with Crippen molar-refractivity contribution in [1.82, 2.24) is 10.2 Å². The van der Waals surface area contributed by atoms with Crippen LogP contribution in [0.4, 0.5) is 0 Å². The van der Waals surface area contributed by atoms with Crippen molar-refractivity contribution in [3.8, 4) is 0 Å². The van der Waals surface area contributed by atoms with E-state index in [1.807, 2.05) is 6.92 Å². The maximum atomic E-state index is 10.1. The second-order valence-electron chi connectivity index (χ2n) is 4.70. The van der Waals surface area contributed by atoms with Crippen molar-refractivity contribution in [2.75, 3.05) is 5.75 Å². The maximum Gasteiger partial charge on any atom is 0.174 e. The van der Waals surface area contributed by atoms with Crippen molar-refractivity contribution in [3.63, 3.8) is 0 Å². The normalized spacial score (nSPS) is 14.1. The molecule has 21 heavy (non-hydrogen) atoms. The number of rotatable bonds is 7. The van der Waals surface area contributed by atoms with Gasteiger partial charge in [-0.25, -0.2) is 0 Å². The van der Waals surface area contributed by atoms with Crippen LogP contribution in [-0.4, -0.2) is 37.4 Å². The number of hydrogen-bond donors (Lipinski definition) is 3. The lowest BCUT2D eigenvalue weighted by Gasteiger charge is -2.15. The first-order chi connectivity index (χ1) is 10.1. The van der Waals surface area contributed by atoms with Crippen LogP contribution >= 0.6 is 23.1 Å². The predicted molar refractivity (Wildman–Crippen MR) is 83.3 cm³/mol. The van der Waals surface area contributed by atoms with Gasteiger partial charge in [0.2, 0.25) is 0 Å². The van der Waals surface area contributed by atoms with E-state index in [1.54, 1.807) is 24.3 Å². The highest BCUT2D eigenvalue weighted by molar-refractivity contribution is 8.01. The number of nitrogens with zero attached hydrogens (tertiary/aromatic N) is 2. The van der Waals surface area contributed by atoms with E-state index in [0.29, 0.717) is 5.75 Å². The quantitative estimate of drug-likeness (QED) is 0.674. The Labute approximate surface area is 131 Å². The average Bonchev–Trinajstić information content (AvgIpc) is 2.91. The van der Waals surface area contributed by atoms with Crippen LogP contribution in [0.2, 0.25) is 0 Å². The summed E-state index contributed by atoms with van der Waals surface area (Å²) in [6.07, 6.45) is -1.07. The van der Waals surface area contributed by atoms with Crippen LogP contribution in [0, 0.1) is 6.92 Å². The molecule has 0 saturated heterocycles. The van der Waals surface area contributed by atoms with Crippen LogP contribution in [0.25, 0.3) is 0 Å². The third-order valence-corrected chi connectivity index (χ3v) is 5.07. The molecule has 0 saturated carbocycles. The summed E-state index contributed by atoms with van der Waals surface area (Å²) in [6.45, 7) is 1.87. The first kappa shape index (κ1) is 16.4. The Balaban J connectivity index is 1.81. The average molecular weight is 326 g/mol. The number of aromatic nitrogens is 2. The first-order valence-corrected chi connectivity index (χ1v) is 8.37. The molecule has 0 unspecified atom stereocenters. The van der Waals surface area contributed by atoms with Crippen LogP contribution in [0.5, 0.6) is 0 Å². The van der Waals surface area contributed by atoms with Gasteiger partial charge in [-0.05, 0) is 18.1 Å². The number of benzene rings is 1. The molecule has 0 aliphatic heterocycles. The van der Waals surface area contributed by atoms with E-state index in [2.05, 4.69) is 10.2 Å². The van der Waals surface area contributed by atoms with Crippen LogP contribution in [0.3, 0.4) is 0 Å².